The third kappa shape index (κ3) is 6.01. The molecule has 3 saturated heterocycles. The van der Waals surface area contributed by atoms with Gasteiger partial charge in [0, 0.05) is 64.3 Å². The van der Waals surface area contributed by atoms with Crippen LogP contribution in [0.2, 0.25) is 0 Å². The van der Waals surface area contributed by atoms with E-state index in [2.05, 4.69) is 10.2 Å². The van der Waals surface area contributed by atoms with Gasteiger partial charge in [0.25, 0.3) is 5.91 Å². The van der Waals surface area contributed by atoms with E-state index in [-0.39, 0.29) is 24.8 Å². The first-order chi connectivity index (χ1) is 16.8. The number of primary amides is 1. The zero-order chi connectivity index (χ0) is 24.9. The molecule has 35 heavy (non-hydrogen) atoms. The number of nitrogens with two attached hydrogens (primary N) is 1. The molecule has 190 valence electrons. The van der Waals surface area contributed by atoms with Crippen LogP contribution in [0.4, 0.5) is 15.3 Å². The van der Waals surface area contributed by atoms with E-state index in [0.717, 1.165) is 32.5 Å². The first kappa shape index (κ1) is 24.7. The summed E-state index contributed by atoms with van der Waals surface area (Å²) in [6.45, 7) is 5.31. The Hall–Kier alpha value is -3.38. The molecule has 0 radical (unpaired) electrons. The van der Waals surface area contributed by atoms with E-state index >= 15 is 0 Å². The minimum atomic E-state index is -0.775. The van der Waals surface area contributed by atoms with E-state index in [1.807, 2.05) is 4.90 Å². The van der Waals surface area contributed by atoms with Gasteiger partial charge in [-0.3, -0.25) is 24.7 Å². The van der Waals surface area contributed by atoms with E-state index in [4.69, 9.17) is 15.3 Å². The van der Waals surface area contributed by atoms with Crippen molar-refractivity contribution in [1.29, 1.82) is 0 Å². The molecule has 0 bridgehead atoms. The summed E-state index contributed by atoms with van der Waals surface area (Å²) in [6, 6.07) is 4.51. The fourth-order valence-electron chi connectivity index (χ4n) is 4.82. The van der Waals surface area contributed by atoms with Crippen molar-refractivity contribution in [3.63, 3.8) is 0 Å². The van der Waals surface area contributed by atoms with Gasteiger partial charge < -0.3 is 20.2 Å². The number of nitrogens with zero attached hydrogens (tertiary/aromatic N) is 4. The number of hydroxylamine groups is 2. The number of ether oxygens (including phenoxy) is 1. The highest BCUT2D eigenvalue weighted by atomic mass is 16.7. The van der Waals surface area contributed by atoms with E-state index < -0.39 is 12.1 Å². The van der Waals surface area contributed by atoms with Gasteiger partial charge in [-0.15, -0.1) is 5.06 Å². The second kappa shape index (κ2) is 10.9. The number of amides is 5. The first-order valence-corrected chi connectivity index (χ1v) is 11.9. The lowest BCUT2D eigenvalue weighted by Crippen LogP contribution is -2.51. The summed E-state index contributed by atoms with van der Waals surface area (Å²) >= 11 is 0. The van der Waals surface area contributed by atoms with Crippen molar-refractivity contribution in [2.24, 2.45) is 11.7 Å². The molecule has 0 unspecified atom stereocenters. The van der Waals surface area contributed by atoms with Crippen LogP contribution in [0.5, 0.6) is 5.75 Å². The molecule has 4 rings (SSSR count). The molecule has 12 nitrogen and oxygen atoms in total. The number of imide groups is 1. The Labute approximate surface area is 203 Å². The number of piperidine rings is 1. The molecule has 1 aromatic carbocycles. The molecule has 0 spiro atoms. The Morgan fingerprint density at radius 2 is 1.77 bits per heavy atom. The molecule has 0 atom stereocenters. The van der Waals surface area contributed by atoms with Crippen LogP contribution in [-0.4, -0.2) is 98.3 Å². The molecule has 0 aromatic heterocycles. The minimum absolute atomic E-state index is 0.0982. The molecule has 3 fully saturated rings. The molecular formula is C23H32N6O6. The average Bonchev–Trinajstić information content (AvgIpc) is 2.85. The maximum Gasteiger partial charge on any atom is 0.423 e. The predicted octanol–water partition coefficient (Wildman–Crippen LogP) is 0.622. The largest absolute Gasteiger partial charge is 0.495 e. The lowest BCUT2D eigenvalue weighted by Gasteiger charge is -2.38. The number of hydrogen-bond donors (Lipinski definition) is 2. The monoisotopic (exact) mass is 488 g/mol. The van der Waals surface area contributed by atoms with Crippen LogP contribution in [-0.2, 0) is 9.63 Å². The van der Waals surface area contributed by atoms with Crippen molar-refractivity contribution >= 4 is 29.6 Å². The molecule has 3 heterocycles. The zero-order valence-electron chi connectivity index (χ0n) is 19.9. The van der Waals surface area contributed by atoms with Crippen LogP contribution in [0.3, 0.4) is 0 Å². The van der Waals surface area contributed by atoms with Crippen LogP contribution >= 0.6 is 0 Å². The minimum Gasteiger partial charge on any atom is -0.495 e. The summed E-state index contributed by atoms with van der Waals surface area (Å²) in [7, 11) is 1.50. The number of piperazine rings is 1. The van der Waals surface area contributed by atoms with Gasteiger partial charge in [0.15, 0.2) is 0 Å². The fraction of sp³-hybridized carbons (Fsp3) is 0.565. The van der Waals surface area contributed by atoms with Gasteiger partial charge in [0.1, 0.15) is 5.75 Å². The molecule has 12 heteroatoms. The summed E-state index contributed by atoms with van der Waals surface area (Å²) in [5.74, 6) is 0.554. The van der Waals surface area contributed by atoms with Gasteiger partial charge in [-0.05, 0) is 37.0 Å². The number of benzene rings is 1. The maximum absolute atomic E-state index is 13.2. The highest BCUT2D eigenvalue weighted by Crippen LogP contribution is 2.31. The third-order valence-electron chi connectivity index (χ3n) is 6.74. The lowest BCUT2D eigenvalue weighted by molar-refractivity contribution is -0.120. The van der Waals surface area contributed by atoms with Gasteiger partial charge in [0.05, 0.1) is 12.8 Å². The van der Waals surface area contributed by atoms with Gasteiger partial charge >= 0.3 is 12.1 Å². The number of urea groups is 1. The Kier molecular flexibility index (Phi) is 7.71. The fourth-order valence-corrected chi connectivity index (χ4v) is 4.82. The summed E-state index contributed by atoms with van der Waals surface area (Å²) < 4.78 is 5.39. The Morgan fingerprint density at radius 3 is 2.40 bits per heavy atom. The molecule has 1 aromatic rings. The second-order valence-corrected chi connectivity index (χ2v) is 9.02. The second-order valence-electron chi connectivity index (χ2n) is 9.02. The smallest absolute Gasteiger partial charge is 0.423 e. The van der Waals surface area contributed by atoms with Crippen molar-refractivity contribution < 1.29 is 28.8 Å². The van der Waals surface area contributed by atoms with Gasteiger partial charge in [-0.2, -0.15) is 0 Å². The molecule has 3 N–H and O–H groups in total. The van der Waals surface area contributed by atoms with Crippen LogP contribution in [0.25, 0.3) is 0 Å². The van der Waals surface area contributed by atoms with E-state index in [9.17, 15) is 19.2 Å². The van der Waals surface area contributed by atoms with Crippen molar-refractivity contribution in [2.45, 2.75) is 19.3 Å². The Morgan fingerprint density at radius 1 is 1.06 bits per heavy atom. The van der Waals surface area contributed by atoms with Gasteiger partial charge in [0.2, 0.25) is 5.91 Å². The number of anilines is 1. The first-order valence-electron chi connectivity index (χ1n) is 11.9. The highest BCUT2D eigenvalue weighted by molar-refractivity contribution is 6.07. The van der Waals surface area contributed by atoms with E-state index in [1.165, 1.54) is 12.0 Å². The number of nitrogens with one attached hydrogen (secondary N) is 1. The molecule has 0 saturated carbocycles. The predicted molar refractivity (Wildman–Crippen MR) is 126 cm³/mol. The lowest BCUT2D eigenvalue weighted by atomic mass is 9.97. The SMILES string of the molecule is COc1ccc(C(=O)N2CCN(CC3CCN(OC(N)=O)CC3)CC2)cc1N1CCC(=O)NC1=O. The van der Waals surface area contributed by atoms with E-state index in [1.54, 1.807) is 23.3 Å². The van der Waals surface area contributed by atoms with Gasteiger partial charge in [-0.1, -0.05) is 0 Å². The van der Waals surface area contributed by atoms with Crippen LogP contribution in [0, 0.1) is 5.92 Å². The van der Waals surface area contributed by atoms with Crippen molar-refractivity contribution in [1.82, 2.24) is 20.2 Å². The number of rotatable bonds is 6. The normalized spacial score (nSPS) is 20.5. The molecule has 3 aliphatic heterocycles. The van der Waals surface area contributed by atoms with Crippen LogP contribution < -0.4 is 20.7 Å². The van der Waals surface area contributed by atoms with Crippen LogP contribution in [0.1, 0.15) is 29.6 Å². The van der Waals surface area contributed by atoms with Gasteiger partial charge in [-0.25, -0.2) is 9.59 Å². The maximum atomic E-state index is 13.2. The number of carbonyl (C=O) groups is 4. The average molecular weight is 489 g/mol. The number of hydrogen-bond acceptors (Lipinski definition) is 8. The number of methoxy groups -OCH3 is 1. The summed E-state index contributed by atoms with van der Waals surface area (Å²) in [5, 5.41) is 3.92. The summed E-state index contributed by atoms with van der Waals surface area (Å²) in [4.78, 5) is 58.5. The van der Waals surface area contributed by atoms with Crippen molar-refractivity contribution in [3.8, 4) is 5.75 Å². The third-order valence-corrected chi connectivity index (χ3v) is 6.74. The topological polar surface area (TPSA) is 138 Å². The molecule has 3 aliphatic rings. The Balaban J connectivity index is 1.32. The standard InChI is InChI=1S/C23H32N6O6/c1-34-19-3-2-17(14-18(19)29-9-6-20(30)25-23(29)33)21(31)27-12-10-26(11-13-27)15-16-4-7-28(8-5-16)35-22(24)32/h2-3,14,16H,4-13,15H2,1H3,(H2,24,32)(H,25,30,33). The van der Waals surface area contributed by atoms with E-state index in [0.29, 0.717) is 49.1 Å². The quantitative estimate of drug-likeness (QED) is 0.595. The van der Waals surface area contributed by atoms with Crippen molar-refractivity contribution in [2.75, 3.05) is 64.4 Å². The van der Waals surface area contributed by atoms with Crippen LogP contribution in [0.15, 0.2) is 18.2 Å². The molecule has 0 aliphatic carbocycles. The number of carbonyl (C=O) groups excluding carboxylic acids is 4. The Bertz CT molecular complexity index is 971. The molecular weight excluding hydrogens is 456 g/mol. The highest BCUT2D eigenvalue weighted by Gasteiger charge is 2.30. The molecule has 5 amide bonds. The summed E-state index contributed by atoms with van der Waals surface area (Å²) in [5.41, 5.74) is 6.02. The summed E-state index contributed by atoms with van der Waals surface area (Å²) in [6.07, 6.45) is 1.27. The zero-order valence-corrected chi connectivity index (χ0v) is 19.9. The van der Waals surface area contributed by atoms with Crippen molar-refractivity contribution in [3.05, 3.63) is 23.8 Å².